The topological polar surface area (TPSA) is 75.7 Å². The maximum absolute atomic E-state index is 12.9. The maximum atomic E-state index is 12.9. The van der Waals surface area contributed by atoms with Gasteiger partial charge in [-0.15, -0.1) is 0 Å². The summed E-state index contributed by atoms with van der Waals surface area (Å²) in [6, 6.07) is 10.8. The van der Waals surface area contributed by atoms with Gasteiger partial charge in [0.15, 0.2) is 0 Å². The van der Waals surface area contributed by atoms with Crippen molar-refractivity contribution in [3.63, 3.8) is 0 Å². The van der Waals surface area contributed by atoms with Gasteiger partial charge in [-0.25, -0.2) is 8.42 Å². The lowest BCUT2D eigenvalue weighted by atomic mass is 9.90. The number of carbonyl (C=O) groups excluding carboxylic acids is 1. The first-order valence-corrected chi connectivity index (χ1v) is 11.9. The standard InChI is InChI=1S/C22H27ClN2O4S/c1-25(2)22(26)20-13-8-17(23)14-21(20)24-30(27,28)19-11-9-18(10-12-19)29-15-16-6-4-3-5-7-16/h8-14,16,24H,3-7,15H2,1-2H3. The summed E-state index contributed by atoms with van der Waals surface area (Å²) in [6.07, 6.45) is 6.16. The summed E-state index contributed by atoms with van der Waals surface area (Å²) in [5, 5.41) is 0.328. The van der Waals surface area contributed by atoms with Crippen LogP contribution in [0.2, 0.25) is 5.02 Å². The van der Waals surface area contributed by atoms with E-state index in [1.807, 2.05) is 0 Å². The molecular weight excluding hydrogens is 424 g/mol. The minimum absolute atomic E-state index is 0.0794. The molecule has 8 heteroatoms. The van der Waals surface area contributed by atoms with Crippen LogP contribution < -0.4 is 9.46 Å². The van der Waals surface area contributed by atoms with Crippen LogP contribution in [0.5, 0.6) is 5.75 Å². The molecule has 2 aromatic carbocycles. The summed E-state index contributed by atoms with van der Waals surface area (Å²) in [4.78, 5) is 13.8. The molecule has 162 valence electrons. The summed E-state index contributed by atoms with van der Waals surface area (Å²) in [6.45, 7) is 0.656. The molecule has 0 heterocycles. The molecule has 0 radical (unpaired) electrons. The molecule has 0 atom stereocenters. The Bertz CT molecular complexity index is 985. The molecule has 30 heavy (non-hydrogen) atoms. The van der Waals surface area contributed by atoms with Gasteiger partial charge in [-0.2, -0.15) is 0 Å². The third-order valence-electron chi connectivity index (χ3n) is 5.21. The predicted molar refractivity (Wildman–Crippen MR) is 119 cm³/mol. The van der Waals surface area contributed by atoms with Crippen molar-refractivity contribution < 1.29 is 17.9 Å². The highest BCUT2D eigenvalue weighted by Gasteiger charge is 2.20. The summed E-state index contributed by atoms with van der Waals surface area (Å²) in [7, 11) is -0.702. The number of amides is 1. The fourth-order valence-corrected chi connectivity index (χ4v) is 4.76. The van der Waals surface area contributed by atoms with E-state index in [-0.39, 0.29) is 22.1 Å². The van der Waals surface area contributed by atoms with Crippen molar-refractivity contribution in [1.82, 2.24) is 4.90 Å². The number of rotatable bonds is 7. The van der Waals surface area contributed by atoms with E-state index in [4.69, 9.17) is 16.3 Å². The monoisotopic (exact) mass is 450 g/mol. The molecule has 3 rings (SSSR count). The highest BCUT2D eigenvalue weighted by atomic mass is 35.5. The first-order chi connectivity index (χ1) is 14.3. The Kier molecular flexibility index (Phi) is 7.26. The van der Waals surface area contributed by atoms with E-state index in [0.29, 0.717) is 23.3 Å². The SMILES string of the molecule is CN(C)C(=O)c1ccc(Cl)cc1NS(=O)(=O)c1ccc(OCC2CCCCC2)cc1. The lowest BCUT2D eigenvalue weighted by Gasteiger charge is -2.21. The second-order valence-electron chi connectivity index (χ2n) is 7.78. The highest BCUT2D eigenvalue weighted by molar-refractivity contribution is 7.92. The highest BCUT2D eigenvalue weighted by Crippen LogP contribution is 2.27. The Morgan fingerprint density at radius 3 is 2.40 bits per heavy atom. The van der Waals surface area contributed by atoms with Crippen molar-refractivity contribution in [2.24, 2.45) is 5.92 Å². The fourth-order valence-electron chi connectivity index (χ4n) is 3.51. The number of carbonyl (C=O) groups is 1. The molecule has 6 nitrogen and oxygen atoms in total. The van der Waals surface area contributed by atoms with Gasteiger partial charge in [-0.05, 0) is 61.2 Å². The van der Waals surface area contributed by atoms with Gasteiger partial charge >= 0.3 is 0 Å². The molecule has 1 aliphatic rings. The molecule has 1 saturated carbocycles. The van der Waals surface area contributed by atoms with Crippen LogP contribution in [0.15, 0.2) is 47.4 Å². The number of anilines is 1. The number of benzene rings is 2. The molecule has 2 aromatic rings. The Labute approximate surface area is 183 Å². The zero-order valence-corrected chi connectivity index (χ0v) is 18.8. The van der Waals surface area contributed by atoms with E-state index in [2.05, 4.69) is 4.72 Å². The van der Waals surface area contributed by atoms with E-state index in [1.54, 1.807) is 32.3 Å². The van der Waals surface area contributed by atoms with Gasteiger partial charge in [-0.1, -0.05) is 30.9 Å². The summed E-state index contributed by atoms with van der Waals surface area (Å²) >= 11 is 6.02. The summed E-state index contributed by atoms with van der Waals surface area (Å²) in [5.74, 6) is 0.890. The first-order valence-electron chi connectivity index (χ1n) is 10.0. The van der Waals surface area contributed by atoms with Gasteiger partial charge in [0.2, 0.25) is 0 Å². The van der Waals surface area contributed by atoms with E-state index in [1.165, 1.54) is 61.3 Å². The van der Waals surface area contributed by atoms with Gasteiger partial charge in [0, 0.05) is 19.1 Å². The van der Waals surface area contributed by atoms with Crippen molar-refractivity contribution in [3.8, 4) is 5.75 Å². The van der Waals surface area contributed by atoms with Gasteiger partial charge in [0.1, 0.15) is 5.75 Å². The first kappa shape index (κ1) is 22.4. The van der Waals surface area contributed by atoms with Crippen molar-refractivity contribution in [3.05, 3.63) is 53.1 Å². The molecular formula is C22H27ClN2O4S. The number of nitrogens with zero attached hydrogens (tertiary/aromatic N) is 1. The van der Waals surface area contributed by atoms with Crippen molar-refractivity contribution in [1.29, 1.82) is 0 Å². The normalized spacial score (nSPS) is 14.9. The Balaban J connectivity index is 1.73. The van der Waals surface area contributed by atoms with Crippen LogP contribution in [0.1, 0.15) is 42.5 Å². The zero-order valence-electron chi connectivity index (χ0n) is 17.2. The number of sulfonamides is 1. The second kappa shape index (κ2) is 9.71. The Morgan fingerprint density at radius 2 is 1.77 bits per heavy atom. The summed E-state index contributed by atoms with van der Waals surface area (Å²) in [5.41, 5.74) is 0.360. The number of halogens is 1. The zero-order chi connectivity index (χ0) is 21.7. The number of hydrogen-bond acceptors (Lipinski definition) is 4. The van der Waals surface area contributed by atoms with E-state index >= 15 is 0 Å². The van der Waals surface area contributed by atoms with E-state index in [9.17, 15) is 13.2 Å². The fraction of sp³-hybridized carbons (Fsp3) is 0.409. The smallest absolute Gasteiger partial charge is 0.261 e. The molecule has 1 N–H and O–H groups in total. The molecule has 1 aliphatic carbocycles. The van der Waals surface area contributed by atoms with Crippen LogP contribution >= 0.6 is 11.6 Å². The lowest BCUT2D eigenvalue weighted by molar-refractivity contribution is 0.0828. The van der Waals surface area contributed by atoms with Crippen molar-refractivity contribution in [2.75, 3.05) is 25.4 Å². The van der Waals surface area contributed by atoms with Gasteiger partial charge in [0.25, 0.3) is 15.9 Å². The molecule has 0 aliphatic heterocycles. The molecule has 0 aromatic heterocycles. The summed E-state index contributed by atoms with van der Waals surface area (Å²) < 4.78 is 34.0. The quantitative estimate of drug-likeness (QED) is 0.657. The van der Waals surface area contributed by atoms with Crippen LogP contribution in [0.3, 0.4) is 0 Å². The third-order valence-corrected chi connectivity index (χ3v) is 6.82. The van der Waals surface area contributed by atoms with Crippen LogP contribution in [-0.4, -0.2) is 39.9 Å². The molecule has 1 fully saturated rings. The average molecular weight is 451 g/mol. The van der Waals surface area contributed by atoms with Gasteiger partial charge < -0.3 is 9.64 Å². The lowest BCUT2D eigenvalue weighted by Crippen LogP contribution is -2.24. The van der Waals surface area contributed by atoms with Crippen LogP contribution in [-0.2, 0) is 10.0 Å². The second-order valence-corrected chi connectivity index (χ2v) is 9.90. The van der Waals surface area contributed by atoms with Crippen molar-refractivity contribution >= 4 is 33.2 Å². The Morgan fingerprint density at radius 1 is 1.10 bits per heavy atom. The third kappa shape index (κ3) is 5.67. The van der Waals surface area contributed by atoms with Crippen LogP contribution in [0.25, 0.3) is 0 Å². The Hall–Kier alpha value is -2.25. The van der Waals surface area contributed by atoms with Crippen molar-refractivity contribution in [2.45, 2.75) is 37.0 Å². The van der Waals surface area contributed by atoms with Gasteiger partial charge in [0.05, 0.1) is 22.8 Å². The largest absolute Gasteiger partial charge is 0.493 e. The number of ether oxygens (including phenoxy) is 1. The predicted octanol–water partition coefficient (Wildman–Crippen LogP) is 4.80. The van der Waals surface area contributed by atoms with E-state index in [0.717, 1.165) is 0 Å². The minimum atomic E-state index is -3.90. The number of hydrogen-bond donors (Lipinski definition) is 1. The average Bonchev–Trinajstić information content (AvgIpc) is 2.72. The molecule has 1 amide bonds. The molecule has 0 unspecified atom stereocenters. The number of nitrogens with one attached hydrogen (secondary N) is 1. The molecule has 0 saturated heterocycles. The molecule has 0 bridgehead atoms. The molecule has 0 spiro atoms. The maximum Gasteiger partial charge on any atom is 0.261 e. The minimum Gasteiger partial charge on any atom is -0.493 e. The van der Waals surface area contributed by atoms with Gasteiger partial charge in [-0.3, -0.25) is 9.52 Å². The van der Waals surface area contributed by atoms with Crippen LogP contribution in [0, 0.1) is 5.92 Å². The van der Waals surface area contributed by atoms with E-state index < -0.39 is 10.0 Å². The van der Waals surface area contributed by atoms with Crippen LogP contribution in [0.4, 0.5) is 5.69 Å².